The van der Waals surface area contributed by atoms with Gasteiger partial charge in [0.25, 0.3) is 5.69 Å². The molecule has 0 heterocycles. The first-order chi connectivity index (χ1) is 10.6. The molecule has 0 saturated carbocycles. The summed E-state index contributed by atoms with van der Waals surface area (Å²) in [5.41, 5.74) is 0.333. The van der Waals surface area contributed by atoms with E-state index in [0.29, 0.717) is 12.2 Å². The first-order valence-corrected chi connectivity index (χ1v) is 7.61. The molecule has 0 bridgehead atoms. The third-order valence-corrected chi connectivity index (χ3v) is 3.73. The maximum Gasteiger partial charge on any atom is 0.319 e. The molecule has 0 saturated heterocycles. The molecule has 0 fully saturated rings. The zero-order valence-corrected chi connectivity index (χ0v) is 12.5. The van der Waals surface area contributed by atoms with Gasteiger partial charge in [-0.1, -0.05) is 24.3 Å². The predicted octanol–water partition coefficient (Wildman–Crippen LogP) is 3.51. The van der Waals surface area contributed by atoms with Gasteiger partial charge in [-0.2, -0.15) is 0 Å². The Morgan fingerprint density at radius 1 is 1.14 bits per heavy atom. The second kappa shape index (κ2) is 8.04. The monoisotopic (exact) mass is 317 g/mol. The molecule has 0 aliphatic heterocycles. The number of carbonyl (C=O) groups excluding carboxylic acids is 1. The molecular formula is C15H15N3O3S. The third-order valence-electron chi connectivity index (χ3n) is 2.71. The molecule has 2 amide bonds. The van der Waals surface area contributed by atoms with Crippen LogP contribution in [0.2, 0.25) is 0 Å². The normalized spacial score (nSPS) is 10.0. The molecule has 114 valence electrons. The lowest BCUT2D eigenvalue weighted by Gasteiger charge is -2.07. The number of carbonyl (C=O) groups is 1. The van der Waals surface area contributed by atoms with Gasteiger partial charge in [-0.3, -0.25) is 10.1 Å². The summed E-state index contributed by atoms with van der Waals surface area (Å²) in [7, 11) is 0. The van der Waals surface area contributed by atoms with Crippen molar-refractivity contribution in [1.82, 2.24) is 5.32 Å². The minimum absolute atomic E-state index is 0.0579. The van der Waals surface area contributed by atoms with Crippen LogP contribution < -0.4 is 10.6 Å². The molecule has 0 aliphatic rings. The van der Waals surface area contributed by atoms with Gasteiger partial charge in [0, 0.05) is 35.0 Å². The van der Waals surface area contributed by atoms with Gasteiger partial charge in [-0.05, 0) is 18.2 Å². The average Bonchev–Trinajstić information content (AvgIpc) is 2.53. The van der Waals surface area contributed by atoms with Crippen LogP contribution in [0.15, 0.2) is 59.5 Å². The summed E-state index contributed by atoms with van der Waals surface area (Å²) in [6.45, 7) is 0.500. The number of nitrogens with one attached hydrogen (secondary N) is 2. The van der Waals surface area contributed by atoms with Gasteiger partial charge in [0.1, 0.15) is 0 Å². The van der Waals surface area contributed by atoms with E-state index in [1.165, 1.54) is 18.2 Å². The van der Waals surface area contributed by atoms with Crippen LogP contribution in [0, 0.1) is 10.1 Å². The second-order valence-corrected chi connectivity index (χ2v) is 5.52. The highest BCUT2D eigenvalue weighted by molar-refractivity contribution is 7.99. The number of amides is 2. The van der Waals surface area contributed by atoms with Gasteiger partial charge >= 0.3 is 6.03 Å². The molecule has 0 unspecified atom stereocenters. The van der Waals surface area contributed by atoms with Crippen LogP contribution >= 0.6 is 11.8 Å². The van der Waals surface area contributed by atoms with Crippen LogP contribution in [-0.4, -0.2) is 23.3 Å². The molecule has 2 N–H and O–H groups in total. The topological polar surface area (TPSA) is 84.3 Å². The smallest absolute Gasteiger partial charge is 0.319 e. The third kappa shape index (κ3) is 5.10. The molecule has 0 aliphatic carbocycles. The first-order valence-electron chi connectivity index (χ1n) is 6.62. The van der Waals surface area contributed by atoms with Gasteiger partial charge in [0.2, 0.25) is 0 Å². The van der Waals surface area contributed by atoms with Crippen LogP contribution in [0.5, 0.6) is 0 Å². The fourth-order valence-electron chi connectivity index (χ4n) is 1.72. The minimum Gasteiger partial charge on any atom is -0.337 e. The van der Waals surface area contributed by atoms with Crippen LogP contribution in [0.1, 0.15) is 0 Å². The summed E-state index contributed by atoms with van der Waals surface area (Å²) in [5.74, 6) is 0.742. The maximum absolute atomic E-state index is 11.7. The number of non-ortho nitro benzene ring substituents is 1. The summed E-state index contributed by atoms with van der Waals surface area (Å²) >= 11 is 1.64. The van der Waals surface area contributed by atoms with Crippen molar-refractivity contribution in [3.63, 3.8) is 0 Å². The van der Waals surface area contributed by atoms with Crippen molar-refractivity contribution in [3.8, 4) is 0 Å². The Hall–Kier alpha value is -2.54. The van der Waals surface area contributed by atoms with E-state index < -0.39 is 4.92 Å². The molecular weight excluding hydrogens is 302 g/mol. The van der Waals surface area contributed by atoms with E-state index in [9.17, 15) is 14.9 Å². The summed E-state index contributed by atoms with van der Waals surface area (Å²) in [5, 5.41) is 15.9. The molecule has 0 spiro atoms. The van der Waals surface area contributed by atoms with Crippen LogP contribution in [0.3, 0.4) is 0 Å². The van der Waals surface area contributed by atoms with E-state index in [0.717, 1.165) is 10.6 Å². The Balaban J connectivity index is 1.74. The molecule has 6 nitrogen and oxygen atoms in total. The Morgan fingerprint density at radius 2 is 1.91 bits per heavy atom. The molecule has 2 rings (SSSR count). The molecule has 0 aromatic heterocycles. The predicted molar refractivity (Wildman–Crippen MR) is 87.3 cm³/mol. The SMILES string of the molecule is O=C(NCCSc1ccccc1)Nc1cccc([N+](=O)[O-])c1. The van der Waals surface area contributed by atoms with Gasteiger partial charge in [-0.15, -0.1) is 11.8 Å². The molecule has 0 radical (unpaired) electrons. The molecule has 2 aromatic rings. The number of hydrogen-bond acceptors (Lipinski definition) is 4. The largest absolute Gasteiger partial charge is 0.337 e. The number of thioether (sulfide) groups is 1. The standard InChI is InChI=1S/C15H15N3O3S/c19-15(16-9-10-22-14-7-2-1-3-8-14)17-12-5-4-6-13(11-12)18(20)21/h1-8,11H,9-10H2,(H2,16,17,19). The lowest BCUT2D eigenvalue weighted by molar-refractivity contribution is -0.384. The van der Waals surface area contributed by atoms with Gasteiger partial charge in [0.15, 0.2) is 0 Å². The van der Waals surface area contributed by atoms with Crippen molar-refractivity contribution < 1.29 is 9.72 Å². The summed E-state index contributed by atoms with van der Waals surface area (Å²) in [4.78, 5) is 23.0. The number of rotatable bonds is 6. The van der Waals surface area contributed by atoms with Gasteiger partial charge in [-0.25, -0.2) is 4.79 Å². The maximum atomic E-state index is 11.7. The van der Waals surface area contributed by atoms with Crippen LogP contribution in [-0.2, 0) is 0 Å². The lowest BCUT2D eigenvalue weighted by Crippen LogP contribution is -2.30. The van der Waals surface area contributed by atoms with E-state index >= 15 is 0 Å². The van der Waals surface area contributed by atoms with Crippen molar-refractivity contribution in [3.05, 3.63) is 64.7 Å². The van der Waals surface area contributed by atoms with Crippen molar-refractivity contribution in [2.75, 3.05) is 17.6 Å². The Labute approximate surface area is 132 Å². The number of nitrogens with zero attached hydrogens (tertiary/aromatic N) is 1. The average molecular weight is 317 g/mol. The van der Waals surface area contributed by atoms with E-state index in [2.05, 4.69) is 10.6 Å². The quantitative estimate of drug-likeness (QED) is 0.369. The summed E-state index contributed by atoms with van der Waals surface area (Å²) in [6, 6.07) is 15.3. The highest BCUT2D eigenvalue weighted by atomic mass is 32.2. The molecule has 22 heavy (non-hydrogen) atoms. The Kier molecular flexibility index (Phi) is 5.79. The number of hydrogen-bond donors (Lipinski definition) is 2. The lowest BCUT2D eigenvalue weighted by atomic mass is 10.3. The molecule has 2 aromatic carbocycles. The fourth-order valence-corrected chi connectivity index (χ4v) is 2.51. The van der Waals surface area contributed by atoms with Crippen molar-refractivity contribution in [2.45, 2.75) is 4.90 Å². The second-order valence-electron chi connectivity index (χ2n) is 4.35. The highest BCUT2D eigenvalue weighted by Crippen LogP contribution is 2.17. The Morgan fingerprint density at radius 3 is 2.64 bits per heavy atom. The molecule has 0 atom stereocenters. The van der Waals surface area contributed by atoms with E-state index in [1.807, 2.05) is 30.3 Å². The van der Waals surface area contributed by atoms with E-state index in [4.69, 9.17) is 0 Å². The highest BCUT2D eigenvalue weighted by Gasteiger charge is 2.07. The zero-order valence-electron chi connectivity index (χ0n) is 11.7. The van der Waals surface area contributed by atoms with Crippen molar-refractivity contribution in [1.29, 1.82) is 0 Å². The van der Waals surface area contributed by atoms with E-state index in [-0.39, 0.29) is 11.7 Å². The molecule has 7 heteroatoms. The van der Waals surface area contributed by atoms with Crippen molar-refractivity contribution in [2.24, 2.45) is 0 Å². The number of benzene rings is 2. The fraction of sp³-hybridized carbons (Fsp3) is 0.133. The Bertz CT molecular complexity index is 649. The number of urea groups is 1. The number of nitro groups is 1. The minimum atomic E-state index is -0.500. The van der Waals surface area contributed by atoms with Crippen LogP contribution in [0.4, 0.5) is 16.2 Å². The van der Waals surface area contributed by atoms with E-state index in [1.54, 1.807) is 17.8 Å². The number of nitro benzene ring substituents is 1. The first kappa shape index (κ1) is 15.8. The zero-order chi connectivity index (χ0) is 15.8. The van der Waals surface area contributed by atoms with Crippen molar-refractivity contribution >= 4 is 29.2 Å². The van der Waals surface area contributed by atoms with Crippen LogP contribution in [0.25, 0.3) is 0 Å². The van der Waals surface area contributed by atoms with Gasteiger partial charge < -0.3 is 10.6 Å². The number of anilines is 1. The summed E-state index contributed by atoms with van der Waals surface area (Å²) < 4.78 is 0. The van der Waals surface area contributed by atoms with Gasteiger partial charge in [0.05, 0.1) is 4.92 Å². The summed E-state index contributed by atoms with van der Waals surface area (Å²) in [6.07, 6.45) is 0.